The molecule has 0 aliphatic rings. The van der Waals surface area contributed by atoms with Gasteiger partial charge in [-0.1, -0.05) is 52.0 Å². The Morgan fingerprint density at radius 3 is 2.25 bits per heavy atom. The number of hydrogen-bond acceptors (Lipinski definition) is 2. The van der Waals surface area contributed by atoms with Crippen molar-refractivity contribution in [3.05, 3.63) is 35.4 Å². The molecule has 1 aromatic rings. The summed E-state index contributed by atoms with van der Waals surface area (Å²) >= 11 is 0. The van der Waals surface area contributed by atoms with Crippen molar-refractivity contribution in [3.8, 4) is 0 Å². The summed E-state index contributed by atoms with van der Waals surface area (Å²) in [5, 5.41) is 11.5. The van der Waals surface area contributed by atoms with Crippen LogP contribution in [-0.2, 0) is 11.8 Å². The number of oxime groups is 1. The van der Waals surface area contributed by atoms with Gasteiger partial charge in [-0.3, -0.25) is 0 Å². The molecule has 2 heteroatoms. The number of benzene rings is 1. The fourth-order valence-electron chi connectivity index (χ4n) is 1.68. The zero-order chi connectivity index (χ0) is 12.2. The van der Waals surface area contributed by atoms with E-state index in [4.69, 9.17) is 5.21 Å². The zero-order valence-corrected chi connectivity index (χ0v) is 10.6. The zero-order valence-electron chi connectivity index (χ0n) is 10.6. The molecule has 0 bridgehead atoms. The molecule has 0 saturated carbocycles. The molecule has 0 aliphatic heterocycles. The molecule has 1 aromatic carbocycles. The van der Waals surface area contributed by atoms with Crippen LogP contribution in [0.15, 0.2) is 29.4 Å². The van der Waals surface area contributed by atoms with Crippen LogP contribution >= 0.6 is 0 Å². The summed E-state index contributed by atoms with van der Waals surface area (Å²) in [6.07, 6.45) is 2.48. The fourth-order valence-corrected chi connectivity index (χ4v) is 1.68. The Kier molecular flexibility index (Phi) is 4.11. The van der Waals surface area contributed by atoms with Crippen molar-refractivity contribution in [2.24, 2.45) is 11.1 Å². The van der Waals surface area contributed by atoms with E-state index in [-0.39, 0.29) is 11.3 Å². The first-order valence-corrected chi connectivity index (χ1v) is 5.70. The highest BCUT2D eigenvalue weighted by Gasteiger charge is 2.12. The predicted octanol–water partition coefficient (Wildman–Crippen LogP) is 3.62. The molecular formula is C14H21NO. The van der Waals surface area contributed by atoms with E-state index >= 15 is 0 Å². The van der Waals surface area contributed by atoms with E-state index in [1.54, 1.807) is 6.21 Å². The van der Waals surface area contributed by atoms with Gasteiger partial charge >= 0.3 is 0 Å². The lowest BCUT2D eigenvalue weighted by Gasteiger charge is -2.19. The minimum atomic E-state index is 0.205. The highest BCUT2D eigenvalue weighted by atomic mass is 16.4. The summed E-state index contributed by atoms with van der Waals surface area (Å²) in [5.41, 5.74) is 2.83. The summed E-state index contributed by atoms with van der Waals surface area (Å²) in [5.74, 6) is 0.269. The maximum absolute atomic E-state index is 8.43. The maximum Gasteiger partial charge on any atom is 0.0467 e. The molecular weight excluding hydrogens is 198 g/mol. The lowest BCUT2D eigenvalue weighted by molar-refractivity contribution is 0.318. The minimum Gasteiger partial charge on any atom is -0.411 e. The standard InChI is InChI=1S/C14H21NO/c1-11(10-15-16)9-12-5-7-13(8-6-12)14(2,3)4/h5-8,10-11,16H,9H2,1-4H3. The predicted molar refractivity (Wildman–Crippen MR) is 68.3 cm³/mol. The maximum atomic E-state index is 8.43. The van der Waals surface area contributed by atoms with Crippen LogP contribution in [-0.4, -0.2) is 11.4 Å². The molecule has 0 heterocycles. The molecule has 0 aliphatic carbocycles. The summed E-state index contributed by atoms with van der Waals surface area (Å²) in [6, 6.07) is 8.67. The number of rotatable bonds is 3. The van der Waals surface area contributed by atoms with Gasteiger partial charge in [-0.25, -0.2) is 0 Å². The third-order valence-corrected chi connectivity index (χ3v) is 2.70. The van der Waals surface area contributed by atoms with E-state index in [2.05, 4.69) is 50.2 Å². The Morgan fingerprint density at radius 1 is 1.25 bits per heavy atom. The lowest BCUT2D eigenvalue weighted by atomic mass is 9.86. The molecule has 1 N–H and O–H groups in total. The van der Waals surface area contributed by atoms with Gasteiger partial charge in [0.25, 0.3) is 0 Å². The first-order chi connectivity index (χ1) is 7.43. The van der Waals surface area contributed by atoms with Crippen molar-refractivity contribution in [2.75, 3.05) is 0 Å². The van der Waals surface area contributed by atoms with Gasteiger partial charge in [-0.2, -0.15) is 0 Å². The summed E-state index contributed by atoms with van der Waals surface area (Å²) < 4.78 is 0. The largest absolute Gasteiger partial charge is 0.411 e. The molecule has 0 spiro atoms. The van der Waals surface area contributed by atoms with Gasteiger partial charge in [0, 0.05) is 6.21 Å². The average Bonchev–Trinajstić information content (AvgIpc) is 2.17. The average molecular weight is 219 g/mol. The van der Waals surface area contributed by atoms with Crippen LogP contribution in [0, 0.1) is 5.92 Å². The molecule has 2 nitrogen and oxygen atoms in total. The Hall–Kier alpha value is -1.31. The van der Waals surface area contributed by atoms with E-state index in [0.29, 0.717) is 0 Å². The van der Waals surface area contributed by atoms with Crippen LogP contribution in [0.1, 0.15) is 38.8 Å². The highest BCUT2D eigenvalue weighted by Crippen LogP contribution is 2.22. The number of nitrogens with zero attached hydrogens (tertiary/aromatic N) is 1. The quantitative estimate of drug-likeness (QED) is 0.470. The molecule has 0 aromatic heterocycles. The van der Waals surface area contributed by atoms with E-state index in [1.165, 1.54) is 11.1 Å². The van der Waals surface area contributed by atoms with Crippen molar-refractivity contribution < 1.29 is 5.21 Å². The molecule has 0 saturated heterocycles. The Labute approximate surface area is 98.0 Å². The molecule has 16 heavy (non-hydrogen) atoms. The van der Waals surface area contributed by atoms with E-state index in [1.807, 2.05) is 6.92 Å². The second kappa shape index (κ2) is 5.15. The molecule has 0 amide bonds. The Balaban J connectivity index is 2.72. The third-order valence-electron chi connectivity index (χ3n) is 2.70. The van der Waals surface area contributed by atoms with Crippen molar-refractivity contribution in [3.63, 3.8) is 0 Å². The van der Waals surface area contributed by atoms with Gasteiger partial charge < -0.3 is 5.21 Å². The highest BCUT2D eigenvalue weighted by molar-refractivity contribution is 5.59. The van der Waals surface area contributed by atoms with Gasteiger partial charge in [0.15, 0.2) is 0 Å². The minimum absolute atomic E-state index is 0.205. The summed E-state index contributed by atoms with van der Waals surface area (Å²) in [4.78, 5) is 0. The summed E-state index contributed by atoms with van der Waals surface area (Å²) in [7, 11) is 0. The molecule has 1 unspecified atom stereocenters. The van der Waals surface area contributed by atoms with Gasteiger partial charge in [-0.15, -0.1) is 5.16 Å². The lowest BCUT2D eigenvalue weighted by Crippen LogP contribution is -2.11. The molecule has 1 atom stereocenters. The van der Waals surface area contributed by atoms with Gasteiger partial charge in [0.1, 0.15) is 0 Å². The van der Waals surface area contributed by atoms with E-state index < -0.39 is 0 Å². The van der Waals surface area contributed by atoms with Crippen LogP contribution < -0.4 is 0 Å². The Bertz CT molecular complexity index is 346. The SMILES string of the molecule is CC(C=NO)Cc1ccc(C(C)(C)C)cc1. The summed E-state index contributed by atoms with van der Waals surface area (Å²) in [6.45, 7) is 8.67. The van der Waals surface area contributed by atoms with Crippen LogP contribution in [0.25, 0.3) is 0 Å². The van der Waals surface area contributed by atoms with Crippen LogP contribution in [0.2, 0.25) is 0 Å². The van der Waals surface area contributed by atoms with Gasteiger partial charge in [0.2, 0.25) is 0 Å². The van der Waals surface area contributed by atoms with Crippen LogP contribution in [0.4, 0.5) is 0 Å². The van der Waals surface area contributed by atoms with Crippen molar-refractivity contribution in [1.29, 1.82) is 0 Å². The normalized spacial score (nSPS) is 14.2. The molecule has 0 fully saturated rings. The van der Waals surface area contributed by atoms with Crippen molar-refractivity contribution >= 4 is 6.21 Å². The fraction of sp³-hybridized carbons (Fsp3) is 0.500. The third kappa shape index (κ3) is 3.69. The van der Waals surface area contributed by atoms with Crippen LogP contribution in [0.3, 0.4) is 0 Å². The first kappa shape index (κ1) is 12.8. The van der Waals surface area contributed by atoms with Gasteiger partial charge in [0.05, 0.1) is 0 Å². The van der Waals surface area contributed by atoms with Crippen molar-refractivity contribution in [1.82, 2.24) is 0 Å². The second-order valence-electron chi connectivity index (χ2n) is 5.39. The molecule has 88 valence electrons. The topological polar surface area (TPSA) is 32.6 Å². The molecule has 1 rings (SSSR count). The van der Waals surface area contributed by atoms with Crippen molar-refractivity contribution in [2.45, 2.75) is 39.5 Å². The van der Waals surface area contributed by atoms with Crippen LogP contribution in [0.5, 0.6) is 0 Å². The van der Waals surface area contributed by atoms with E-state index in [9.17, 15) is 0 Å². The first-order valence-electron chi connectivity index (χ1n) is 5.70. The smallest absolute Gasteiger partial charge is 0.0467 e. The monoisotopic (exact) mass is 219 g/mol. The Morgan fingerprint density at radius 2 is 1.81 bits per heavy atom. The number of hydrogen-bond donors (Lipinski definition) is 1. The second-order valence-corrected chi connectivity index (χ2v) is 5.39. The van der Waals surface area contributed by atoms with E-state index in [0.717, 1.165) is 6.42 Å². The molecule has 0 radical (unpaired) electrons. The van der Waals surface area contributed by atoms with Gasteiger partial charge in [-0.05, 0) is 28.9 Å².